The lowest BCUT2D eigenvalue weighted by atomic mass is 10.1. The van der Waals surface area contributed by atoms with Gasteiger partial charge in [-0.25, -0.2) is 4.68 Å². The van der Waals surface area contributed by atoms with Crippen molar-refractivity contribution in [3.05, 3.63) is 107 Å². The summed E-state index contributed by atoms with van der Waals surface area (Å²) in [7, 11) is 0. The zero-order valence-corrected chi connectivity index (χ0v) is 22.6. The summed E-state index contributed by atoms with van der Waals surface area (Å²) in [5, 5.41) is 11.8. The van der Waals surface area contributed by atoms with E-state index in [1.165, 1.54) is 4.90 Å². The number of amides is 1. The van der Waals surface area contributed by atoms with Crippen LogP contribution < -0.4 is 5.32 Å². The molecule has 2 aromatic heterocycles. The molecule has 0 radical (unpaired) electrons. The minimum Gasteiger partial charge on any atom is -0.355 e. The number of carbonyl (C=O) groups excluding carboxylic acids is 1. The van der Waals surface area contributed by atoms with Gasteiger partial charge in [-0.05, 0) is 48.6 Å². The van der Waals surface area contributed by atoms with Gasteiger partial charge in [0.25, 0.3) is 5.91 Å². The fraction of sp³-hybridized carbons (Fsp3) is 0.138. The van der Waals surface area contributed by atoms with Crippen LogP contribution in [0.15, 0.2) is 105 Å². The molecular formula is C29H25BrN4O2S. The van der Waals surface area contributed by atoms with E-state index in [9.17, 15) is 4.79 Å². The Kier molecular flexibility index (Phi) is 7.87. The number of nitrogens with zero attached hydrogens (tertiary/aromatic N) is 3. The predicted octanol–water partition coefficient (Wildman–Crippen LogP) is 7.39. The van der Waals surface area contributed by atoms with Crippen LogP contribution in [0, 0.1) is 0 Å². The molecule has 5 aromatic rings. The first kappa shape index (κ1) is 25.0. The van der Waals surface area contributed by atoms with Crippen molar-refractivity contribution in [1.82, 2.24) is 20.3 Å². The van der Waals surface area contributed by atoms with Crippen molar-refractivity contribution >= 4 is 33.6 Å². The number of aromatic nitrogens is 3. The summed E-state index contributed by atoms with van der Waals surface area (Å²) in [5.41, 5.74) is 4.76. The maximum atomic E-state index is 12.9. The Morgan fingerprint density at radius 1 is 1.00 bits per heavy atom. The summed E-state index contributed by atoms with van der Waals surface area (Å²) < 4.78 is 8.23. The molecule has 0 unspecified atom stereocenters. The van der Waals surface area contributed by atoms with E-state index in [-0.39, 0.29) is 11.6 Å². The lowest BCUT2D eigenvalue weighted by Gasteiger charge is -2.05. The molecule has 2 heterocycles. The molecule has 0 bridgehead atoms. The monoisotopic (exact) mass is 572 g/mol. The van der Waals surface area contributed by atoms with Crippen molar-refractivity contribution in [3.8, 4) is 28.3 Å². The minimum atomic E-state index is -0.308. The first-order valence-corrected chi connectivity index (χ1v) is 13.8. The van der Waals surface area contributed by atoms with Crippen LogP contribution >= 0.6 is 27.7 Å². The molecule has 0 aliphatic rings. The van der Waals surface area contributed by atoms with Crippen LogP contribution in [0.1, 0.15) is 29.4 Å². The second kappa shape index (κ2) is 11.6. The Hall–Kier alpha value is -3.62. The van der Waals surface area contributed by atoms with Gasteiger partial charge in [0, 0.05) is 44.9 Å². The number of thioether (sulfide) groups is 1. The summed E-state index contributed by atoms with van der Waals surface area (Å²) in [6, 6.07) is 27.6. The van der Waals surface area contributed by atoms with Crippen molar-refractivity contribution in [2.45, 2.75) is 24.8 Å². The molecule has 37 heavy (non-hydrogen) atoms. The van der Waals surface area contributed by atoms with Crippen molar-refractivity contribution in [2.75, 3.05) is 5.75 Å². The summed E-state index contributed by atoms with van der Waals surface area (Å²) >= 11 is 5.27. The average Bonchev–Trinajstić information content (AvgIpc) is 3.60. The van der Waals surface area contributed by atoms with Gasteiger partial charge in [0.15, 0.2) is 11.5 Å². The van der Waals surface area contributed by atoms with E-state index in [1.807, 2.05) is 77.2 Å². The van der Waals surface area contributed by atoms with Gasteiger partial charge in [-0.3, -0.25) is 4.79 Å². The van der Waals surface area contributed by atoms with Crippen LogP contribution in [0.2, 0.25) is 0 Å². The van der Waals surface area contributed by atoms with Gasteiger partial charge in [0.05, 0.1) is 11.4 Å². The van der Waals surface area contributed by atoms with E-state index in [4.69, 9.17) is 9.62 Å². The predicted molar refractivity (Wildman–Crippen MR) is 151 cm³/mol. The molecule has 0 atom stereocenters. The fourth-order valence-electron chi connectivity index (χ4n) is 3.82. The largest absolute Gasteiger partial charge is 0.355 e. The summed E-state index contributed by atoms with van der Waals surface area (Å²) in [6.07, 6.45) is 3.09. The summed E-state index contributed by atoms with van der Waals surface area (Å²) in [6.45, 7) is 2.48. The SMILES string of the molecule is CCCSc1ccc(-c2nn(-c3ccccc3)cc2CNC(=O)c2cc(-c3ccc(Br)cc3)on2)cc1. The van der Waals surface area contributed by atoms with Gasteiger partial charge in [-0.2, -0.15) is 5.10 Å². The van der Waals surface area contributed by atoms with Crippen molar-refractivity contribution < 1.29 is 9.32 Å². The molecule has 0 spiro atoms. The third kappa shape index (κ3) is 6.03. The quantitative estimate of drug-likeness (QED) is 0.186. The van der Waals surface area contributed by atoms with Crippen LogP contribution in [0.5, 0.6) is 0 Å². The first-order valence-electron chi connectivity index (χ1n) is 12.0. The lowest BCUT2D eigenvalue weighted by molar-refractivity contribution is 0.0942. The maximum Gasteiger partial charge on any atom is 0.273 e. The summed E-state index contributed by atoms with van der Waals surface area (Å²) in [5.74, 6) is 1.32. The second-order valence-corrected chi connectivity index (χ2v) is 10.5. The molecule has 8 heteroatoms. The molecule has 0 saturated heterocycles. The third-order valence-corrected chi connectivity index (χ3v) is 7.47. The number of carbonyl (C=O) groups is 1. The lowest BCUT2D eigenvalue weighted by Crippen LogP contribution is -2.23. The van der Waals surface area contributed by atoms with Gasteiger partial charge < -0.3 is 9.84 Å². The maximum absolute atomic E-state index is 12.9. The molecule has 0 aliphatic carbocycles. The highest BCUT2D eigenvalue weighted by atomic mass is 79.9. The number of hydrogen-bond donors (Lipinski definition) is 1. The highest BCUT2D eigenvalue weighted by Gasteiger charge is 2.17. The molecular weight excluding hydrogens is 548 g/mol. The smallest absolute Gasteiger partial charge is 0.273 e. The minimum absolute atomic E-state index is 0.229. The molecule has 186 valence electrons. The van der Waals surface area contributed by atoms with E-state index in [0.717, 1.165) is 44.7 Å². The normalized spacial score (nSPS) is 11.0. The van der Waals surface area contributed by atoms with Crippen LogP contribution in [0.25, 0.3) is 28.3 Å². The van der Waals surface area contributed by atoms with Crippen molar-refractivity contribution in [1.29, 1.82) is 0 Å². The third-order valence-electron chi connectivity index (χ3n) is 5.72. The average molecular weight is 574 g/mol. The molecule has 5 rings (SSSR count). The van der Waals surface area contributed by atoms with Crippen molar-refractivity contribution in [2.24, 2.45) is 0 Å². The molecule has 6 nitrogen and oxygen atoms in total. The summed E-state index contributed by atoms with van der Waals surface area (Å²) in [4.78, 5) is 14.1. The number of rotatable bonds is 9. The number of benzene rings is 3. The number of hydrogen-bond acceptors (Lipinski definition) is 5. The van der Waals surface area contributed by atoms with E-state index >= 15 is 0 Å². The Balaban J connectivity index is 1.37. The zero-order valence-electron chi connectivity index (χ0n) is 20.2. The van der Waals surface area contributed by atoms with Gasteiger partial charge in [-0.1, -0.05) is 70.5 Å². The van der Waals surface area contributed by atoms with Crippen LogP contribution in [-0.4, -0.2) is 26.6 Å². The molecule has 1 amide bonds. The van der Waals surface area contributed by atoms with E-state index < -0.39 is 0 Å². The number of nitrogens with one attached hydrogen (secondary N) is 1. The van der Waals surface area contributed by atoms with Crippen molar-refractivity contribution in [3.63, 3.8) is 0 Å². The Bertz CT molecular complexity index is 1480. The Labute approximate surface area is 228 Å². The zero-order chi connectivity index (χ0) is 25.6. The molecule has 1 N–H and O–H groups in total. The van der Waals surface area contributed by atoms with Crippen LogP contribution in [-0.2, 0) is 6.54 Å². The van der Waals surface area contributed by atoms with Gasteiger partial charge >= 0.3 is 0 Å². The number of halogens is 1. The van der Waals surface area contributed by atoms with Crippen LogP contribution in [0.3, 0.4) is 0 Å². The Morgan fingerprint density at radius 3 is 2.46 bits per heavy atom. The molecule has 3 aromatic carbocycles. The van der Waals surface area contributed by atoms with Crippen LogP contribution in [0.4, 0.5) is 0 Å². The molecule has 0 fully saturated rings. The topological polar surface area (TPSA) is 73.0 Å². The number of para-hydroxylation sites is 1. The highest BCUT2D eigenvalue weighted by molar-refractivity contribution is 9.10. The molecule has 0 aliphatic heterocycles. The fourth-order valence-corrected chi connectivity index (χ4v) is 4.86. The van der Waals surface area contributed by atoms with Gasteiger partial charge in [0.2, 0.25) is 0 Å². The van der Waals surface area contributed by atoms with E-state index in [2.05, 4.69) is 57.6 Å². The highest BCUT2D eigenvalue weighted by Crippen LogP contribution is 2.28. The first-order chi connectivity index (χ1) is 18.1. The van der Waals surface area contributed by atoms with Gasteiger partial charge in [0.1, 0.15) is 0 Å². The van der Waals surface area contributed by atoms with Gasteiger partial charge in [-0.15, -0.1) is 11.8 Å². The molecule has 0 saturated carbocycles. The standard InChI is InChI=1S/C29H25BrN4O2S/c1-2-16-37-25-14-10-21(11-15-25)28-22(19-34(32-28)24-6-4-3-5-7-24)18-31-29(35)26-17-27(36-33-26)20-8-12-23(30)13-9-20/h3-15,17,19H,2,16,18H2,1H3,(H,31,35). The van der Waals surface area contributed by atoms with E-state index in [0.29, 0.717) is 12.3 Å². The van der Waals surface area contributed by atoms with E-state index in [1.54, 1.807) is 6.07 Å². The second-order valence-electron chi connectivity index (χ2n) is 8.42. The Morgan fingerprint density at radius 2 is 1.73 bits per heavy atom.